The van der Waals surface area contributed by atoms with Gasteiger partial charge in [0.05, 0.1) is 0 Å². The van der Waals surface area contributed by atoms with Crippen molar-refractivity contribution in [3.05, 3.63) is 0 Å². The molecule has 0 aromatic rings. The van der Waals surface area contributed by atoms with E-state index in [0.29, 0.717) is 0 Å². The maximum atomic E-state index is 12.9. The number of hydroxylamine groups is 2. The molecule has 0 fully saturated rings. The second kappa shape index (κ2) is 6.25. The lowest BCUT2D eigenvalue weighted by atomic mass is 10.1. The molecule has 0 saturated heterocycles. The molecule has 0 aromatic carbocycles. The van der Waals surface area contributed by atoms with E-state index in [2.05, 4.69) is 0 Å². The number of halogens is 2. The fourth-order valence-electron chi connectivity index (χ4n) is 0.830. The standard InChI is InChI=1S/C7H12F2N2O4/c8-7(9,3-1-5(12)10-14)4-2-6(13)11-15/h14-15H,1-4H2,(H,10,12)(H,11,13). The Morgan fingerprint density at radius 3 is 1.60 bits per heavy atom. The van der Waals surface area contributed by atoms with Crippen LogP contribution in [0, 0.1) is 0 Å². The molecule has 6 nitrogen and oxygen atoms in total. The van der Waals surface area contributed by atoms with Crippen molar-refractivity contribution >= 4 is 11.8 Å². The molecule has 0 unspecified atom stereocenters. The predicted molar refractivity (Wildman–Crippen MR) is 43.3 cm³/mol. The van der Waals surface area contributed by atoms with Crippen LogP contribution in [-0.2, 0) is 9.59 Å². The second-order valence-corrected chi connectivity index (χ2v) is 2.93. The van der Waals surface area contributed by atoms with Crippen molar-refractivity contribution in [2.75, 3.05) is 0 Å². The Bertz CT molecular complexity index is 213. The molecule has 15 heavy (non-hydrogen) atoms. The molecule has 2 amide bonds. The summed E-state index contributed by atoms with van der Waals surface area (Å²) in [6.45, 7) is 0. The summed E-state index contributed by atoms with van der Waals surface area (Å²) < 4.78 is 25.8. The summed E-state index contributed by atoms with van der Waals surface area (Å²) in [5.74, 6) is -5.01. The molecule has 0 aliphatic rings. The molecule has 0 radical (unpaired) electrons. The number of hydrogen-bond acceptors (Lipinski definition) is 4. The Balaban J connectivity index is 3.86. The van der Waals surface area contributed by atoms with Crippen LogP contribution in [-0.4, -0.2) is 28.2 Å². The van der Waals surface area contributed by atoms with Crippen LogP contribution in [0.15, 0.2) is 0 Å². The highest BCUT2D eigenvalue weighted by Gasteiger charge is 2.29. The van der Waals surface area contributed by atoms with Crippen molar-refractivity contribution < 1.29 is 28.8 Å². The van der Waals surface area contributed by atoms with Gasteiger partial charge in [-0.3, -0.25) is 20.0 Å². The van der Waals surface area contributed by atoms with Gasteiger partial charge in [0.25, 0.3) is 0 Å². The predicted octanol–water partition coefficient (Wildman–Crippen LogP) is 0.193. The van der Waals surface area contributed by atoms with Gasteiger partial charge in [-0.1, -0.05) is 0 Å². The van der Waals surface area contributed by atoms with Crippen LogP contribution >= 0.6 is 0 Å². The van der Waals surface area contributed by atoms with Gasteiger partial charge in [-0.25, -0.2) is 19.7 Å². The average Bonchev–Trinajstić information content (AvgIpc) is 2.22. The maximum Gasteiger partial charge on any atom is 0.249 e. The van der Waals surface area contributed by atoms with Gasteiger partial charge in [0.2, 0.25) is 17.7 Å². The van der Waals surface area contributed by atoms with Crippen LogP contribution in [0.3, 0.4) is 0 Å². The first-order valence-corrected chi connectivity index (χ1v) is 4.15. The van der Waals surface area contributed by atoms with Gasteiger partial charge in [-0.15, -0.1) is 0 Å². The van der Waals surface area contributed by atoms with E-state index in [-0.39, 0.29) is 0 Å². The van der Waals surface area contributed by atoms with Crippen LogP contribution < -0.4 is 11.0 Å². The second-order valence-electron chi connectivity index (χ2n) is 2.93. The first kappa shape index (κ1) is 13.7. The summed E-state index contributed by atoms with van der Waals surface area (Å²) in [6, 6.07) is 0. The summed E-state index contributed by atoms with van der Waals surface area (Å²) in [5, 5.41) is 16.1. The smallest absolute Gasteiger partial charge is 0.249 e. The number of carbonyl (C=O) groups is 2. The fourth-order valence-corrected chi connectivity index (χ4v) is 0.830. The van der Waals surface area contributed by atoms with Crippen molar-refractivity contribution in [3.63, 3.8) is 0 Å². The van der Waals surface area contributed by atoms with E-state index in [1.54, 1.807) is 0 Å². The lowest BCUT2D eigenvalue weighted by molar-refractivity contribution is -0.133. The molecule has 0 bridgehead atoms. The molecule has 0 aromatic heterocycles. The van der Waals surface area contributed by atoms with Crippen LogP contribution in [0.1, 0.15) is 25.7 Å². The van der Waals surface area contributed by atoms with E-state index in [1.807, 2.05) is 0 Å². The minimum Gasteiger partial charge on any atom is -0.289 e. The maximum absolute atomic E-state index is 12.9. The fraction of sp³-hybridized carbons (Fsp3) is 0.714. The Labute approximate surface area is 84.2 Å². The molecular formula is C7H12F2N2O4. The molecule has 0 aliphatic heterocycles. The van der Waals surface area contributed by atoms with Crippen LogP contribution in [0.4, 0.5) is 8.78 Å². The van der Waals surface area contributed by atoms with E-state index in [1.165, 1.54) is 11.0 Å². The van der Waals surface area contributed by atoms with Gasteiger partial charge in [-0.2, -0.15) is 0 Å². The first-order chi connectivity index (χ1) is 6.91. The number of rotatable bonds is 6. The molecule has 0 spiro atoms. The first-order valence-electron chi connectivity index (χ1n) is 4.15. The number of alkyl halides is 2. The summed E-state index contributed by atoms with van der Waals surface area (Å²) >= 11 is 0. The Hall–Kier alpha value is -1.28. The largest absolute Gasteiger partial charge is 0.289 e. The van der Waals surface area contributed by atoms with E-state index < -0.39 is 43.4 Å². The minimum absolute atomic E-state index is 0.537. The van der Waals surface area contributed by atoms with Crippen molar-refractivity contribution in [1.82, 2.24) is 11.0 Å². The third-order valence-electron chi connectivity index (χ3n) is 1.69. The molecule has 88 valence electrons. The van der Waals surface area contributed by atoms with Crippen molar-refractivity contribution in [1.29, 1.82) is 0 Å². The quantitative estimate of drug-likeness (QED) is 0.384. The Morgan fingerprint density at radius 1 is 1.00 bits per heavy atom. The molecule has 0 atom stereocenters. The molecular weight excluding hydrogens is 214 g/mol. The normalized spacial score (nSPS) is 10.9. The molecule has 0 saturated carbocycles. The van der Waals surface area contributed by atoms with E-state index in [9.17, 15) is 18.4 Å². The van der Waals surface area contributed by atoms with Crippen molar-refractivity contribution in [2.45, 2.75) is 31.6 Å². The number of amides is 2. The van der Waals surface area contributed by atoms with E-state index >= 15 is 0 Å². The number of carbonyl (C=O) groups excluding carboxylic acids is 2. The van der Waals surface area contributed by atoms with Gasteiger partial charge in [0.15, 0.2) is 0 Å². The zero-order valence-corrected chi connectivity index (χ0v) is 7.80. The third kappa shape index (κ3) is 6.75. The molecule has 8 heteroatoms. The topological polar surface area (TPSA) is 98.7 Å². The van der Waals surface area contributed by atoms with Gasteiger partial charge in [-0.05, 0) is 0 Å². The van der Waals surface area contributed by atoms with Crippen LogP contribution in [0.2, 0.25) is 0 Å². The van der Waals surface area contributed by atoms with Crippen LogP contribution in [0.5, 0.6) is 0 Å². The van der Waals surface area contributed by atoms with Gasteiger partial charge in [0, 0.05) is 25.7 Å². The lowest BCUT2D eigenvalue weighted by Crippen LogP contribution is -2.26. The number of nitrogens with one attached hydrogen (secondary N) is 2. The minimum atomic E-state index is -3.18. The SMILES string of the molecule is O=C(CCC(F)(F)CCC(=O)NO)NO. The van der Waals surface area contributed by atoms with Crippen molar-refractivity contribution in [2.24, 2.45) is 0 Å². The highest BCUT2D eigenvalue weighted by Crippen LogP contribution is 2.25. The summed E-state index contributed by atoms with van der Waals surface area (Å²) in [7, 11) is 0. The average molecular weight is 226 g/mol. The molecule has 0 heterocycles. The highest BCUT2D eigenvalue weighted by molar-refractivity contribution is 5.75. The zero-order valence-electron chi connectivity index (χ0n) is 7.80. The monoisotopic (exact) mass is 226 g/mol. The van der Waals surface area contributed by atoms with Gasteiger partial charge < -0.3 is 0 Å². The lowest BCUT2D eigenvalue weighted by Gasteiger charge is -2.14. The van der Waals surface area contributed by atoms with Gasteiger partial charge in [0.1, 0.15) is 0 Å². The number of hydrogen-bond donors (Lipinski definition) is 4. The van der Waals surface area contributed by atoms with E-state index in [0.717, 1.165) is 0 Å². The summed E-state index contributed by atoms with van der Waals surface area (Å²) in [6.07, 6.45) is -2.61. The van der Waals surface area contributed by atoms with Crippen LogP contribution in [0.25, 0.3) is 0 Å². The Morgan fingerprint density at radius 2 is 1.33 bits per heavy atom. The Kier molecular flexibility index (Phi) is 5.72. The summed E-state index contributed by atoms with van der Waals surface area (Å²) in [5.41, 5.74) is 2.44. The third-order valence-corrected chi connectivity index (χ3v) is 1.69. The molecule has 0 rings (SSSR count). The van der Waals surface area contributed by atoms with E-state index in [4.69, 9.17) is 10.4 Å². The summed E-state index contributed by atoms with van der Waals surface area (Å²) in [4.78, 5) is 20.9. The van der Waals surface area contributed by atoms with Crippen molar-refractivity contribution in [3.8, 4) is 0 Å². The van der Waals surface area contributed by atoms with Gasteiger partial charge >= 0.3 is 0 Å². The molecule has 4 N–H and O–H groups in total. The highest BCUT2D eigenvalue weighted by atomic mass is 19.3. The zero-order chi connectivity index (χ0) is 11.9. The molecule has 0 aliphatic carbocycles.